The van der Waals surface area contributed by atoms with Crippen molar-refractivity contribution < 1.29 is 20.1 Å². The highest BCUT2D eigenvalue weighted by Gasteiger charge is 2.44. The molecule has 7 heteroatoms. The summed E-state index contributed by atoms with van der Waals surface area (Å²) in [5, 5.41) is 28.6. The van der Waals surface area contributed by atoms with E-state index in [1.165, 1.54) is 6.92 Å². The smallest absolute Gasteiger partial charge is 0.270 e. The molecule has 2 heterocycles. The Labute approximate surface area is 108 Å². The molecule has 1 aliphatic rings. The molecule has 0 aliphatic carbocycles. The van der Waals surface area contributed by atoms with Crippen LogP contribution in [0.2, 0.25) is 0 Å². The molecule has 0 saturated carbocycles. The van der Waals surface area contributed by atoms with Gasteiger partial charge in [-0.25, -0.2) is 4.98 Å². The summed E-state index contributed by atoms with van der Waals surface area (Å²) in [5.41, 5.74) is 0.00252. The zero-order chi connectivity index (χ0) is 14.2. The highest BCUT2D eigenvalue weighted by molar-refractivity contribution is 5.32. The van der Waals surface area contributed by atoms with Crippen LogP contribution in [0.3, 0.4) is 0 Å². The number of ether oxygens (including phenoxy) is 1. The minimum Gasteiger partial charge on any atom is -0.394 e. The second-order valence-electron chi connectivity index (χ2n) is 4.31. The number of aliphatic hydroxyl groups excluding tert-OH is 3. The van der Waals surface area contributed by atoms with Gasteiger partial charge in [-0.15, -0.1) is 6.42 Å². The van der Waals surface area contributed by atoms with E-state index in [1.807, 2.05) is 0 Å². The summed E-state index contributed by atoms with van der Waals surface area (Å²) >= 11 is 0. The number of H-pyrrole nitrogens is 1. The normalized spacial score (nSPS) is 30.3. The standard InChI is InChI=1S/C12H14N2O5/c1-3-6-8(13-5(2)12(18)14-6)11-10(17)9(16)7(4-15)19-11/h1,7,9-11,15-17H,4H2,2H3,(H,14,18). The summed E-state index contributed by atoms with van der Waals surface area (Å²) in [5.74, 6) is 2.26. The van der Waals surface area contributed by atoms with E-state index in [2.05, 4.69) is 15.9 Å². The Morgan fingerprint density at radius 2 is 2.16 bits per heavy atom. The number of hydrogen-bond acceptors (Lipinski definition) is 6. The van der Waals surface area contributed by atoms with Gasteiger partial charge in [0.2, 0.25) is 0 Å². The van der Waals surface area contributed by atoms with E-state index in [0.29, 0.717) is 0 Å². The zero-order valence-corrected chi connectivity index (χ0v) is 10.2. The van der Waals surface area contributed by atoms with Crippen LogP contribution in [0, 0.1) is 19.3 Å². The lowest BCUT2D eigenvalue weighted by molar-refractivity contribution is -0.0241. The summed E-state index contributed by atoms with van der Waals surface area (Å²) < 4.78 is 5.33. The lowest BCUT2D eigenvalue weighted by Gasteiger charge is -2.15. The van der Waals surface area contributed by atoms with Gasteiger partial charge < -0.3 is 25.0 Å². The van der Waals surface area contributed by atoms with Gasteiger partial charge in [0.15, 0.2) is 0 Å². The van der Waals surface area contributed by atoms with Crippen molar-refractivity contribution in [3.8, 4) is 12.3 Å². The van der Waals surface area contributed by atoms with E-state index in [-0.39, 0.29) is 17.1 Å². The molecular weight excluding hydrogens is 252 g/mol. The predicted octanol–water partition coefficient (Wildman–Crippen LogP) is -1.79. The van der Waals surface area contributed by atoms with Crippen molar-refractivity contribution in [1.82, 2.24) is 9.97 Å². The Balaban J connectivity index is 2.46. The maximum absolute atomic E-state index is 11.4. The van der Waals surface area contributed by atoms with Crippen molar-refractivity contribution in [2.24, 2.45) is 0 Å². The Hall–Kier alpha value is -1.72. The Morgan fingerprint density at radius 3 is 2.68 bits per heavy atom. The van der Waals surface area contributed by atoms with Gasteiger partial charge in [-0.2, -0.15) is 0 Å². The lowest BCUT2D eigenvalue weighted by Crippen LogP contribution is -2.32. The number of hydrogen-bond donors (Lipinski definition) is 4. The molecule has 1 aliphatic heterocycles. The Kier molecular flexibility index (Phi) is 3.68. The number of aromatic amines is 1. The molecule has 4 N–H and O–H groups in total. The minimum atomic E-state index is -1.28. The largest absolute Gasteiger partial charge is 0.394 e. The van der Waals surface area contributed by atoms with Gasteiger partial charge in [0.25, 0.3) is 5.56 Å². The molecular formula is C12H14N2O5. The molecule has 0 amide bonds. The third kappa shape index (κ3) is 2.27. The number of aliphatic hydroxyl groups is 3. The van der Waals surface area contributed by atoms with Crippen molar-refractivity contribution in [1.29, 1.82) is 0 Å². The molecule has 19 heavy (non-hydrogen) atoms. The first kappa shape index (κ1) is 13.7. The van der Waals surface area contributed by atoms with Crippen LogP contribution in [0.1, 0.15) is 23.2 Å². The molecule has 102 valence electrons. The summed E-state index contributed by atoms with van der Waals surface area (Å²) in [7, 11) is 0. The van der Waals surface area contributed by atoms with Gasteiger partial charge in [-0.05, 0) is 6.92 Å². The van der Waals surface area contributed by atoms with Gasteiger partial charge in [0.1, 0.15) is 41.5 Å². The molecule has 1 fully saturated rings. The first-order valence-corrected chi connectivity index (χ1v) is 5.69. The van der Waals surface area contributed by atoms with Crippen LogP contribution < -0.4 is 5.56 Å². The molecule has 0 spiro atoms. The van der Waals surface area contributed by atoms with E-state index >= 15 is 0 Å². The fraction of sp³-hybridized carbons (Fsp3) is 0.500. The van der Waals surface area contributed by atoms with Gasteiger partial charge in [0, 0.05) is 0 Å². The average molecular weight is 266 g/mol. The number of aryl methyl sites for hydroxylation is 1. The van der Waals surface area contributed by atoms with Crippen LogP contribution in [0.15, 0.2) is 4.79 Å². The van der Waals surface area contributed by atoms with Crippen LogP contribution in [-0.2, 0) is 4.74 Å². The van der Waals surface area contributed by atoms with Crippen molar-refractivity contribution in [3.05, 3.63) is 27.4 Å². The van der Waals surface area contributed by atoms with Gasteiger partial charge in [-0.3, -0.25) is 4.79 Å². The van der Waals surface area contributed by atoms with Gasteiger partial charge in [0.05, 0.1) is 6.61 Å². The number of nitrogens with one attached hydrogen (secondary N) is 1. The second kappa shape index (κ2) is 5.11. The molecule has 1 saturated heterocycles. The van der Waals surface area contributed by atoms with Crippen LogP contribution in [0.4, 0.5) is 0 Å². The minimum absolute atomic E-state index is 0.0884. The fourth-order valence-corrected chi connectivity index (χ4v) is 2.00. The molecule has 2 rings (SSSR count). The van der Waals surface area contributed by atoms with Crippen LogP contribution in [-0.4, -0.2) is 50.2 Å². The van der Waals surface area contributed by atoms with Crippen LogP contribution in [0.5, 0.6) is 0 Å². The second-order valence-corrected chi connectivity index (χ2v) is 4.31. The van der Waals surface area contributed by atoms with Crippen LogP contribution >= 0.6 is 0 Å². The topological polar surface area (TPSA) is 116 Å². The number of aromatic nitrogens is 2. The van der Waals surface area contributed by atoms with E-state index in [9.17, 15) is 15.0 Å². The molecule has 4 unspecified atom stereocenters. The van der Waals surface area contributed by atoms with Crippen molar-refractivity contribution in [2.45, 2.75) is 31.3 Å². The summed E-state index contributed by atoms with van der Waals surface area (Å²) in [6.07, 6.45) is 0.849. The predicted molar refractivity (Wildman–Crippen MR) is 64.2 cm³/mol. The number of terminal acetylenes is 1. The van der Waals surface area contributed by atoms with Crippen molar-refractivity contribution >= 4 is 0 Å². The van der Waals surface area contributed by atoms with E-state index in [1.54, 1.807) is 0 Å². The molecule has 1 aromatic heterocycles. The van der Waals surface area contributed by atoms with Gasteiger partial charge in [-0.1, -0.05) is 5.92 Å². The molecule has 0 aromatic carbocycles. The first-order chi connectivity index (χ1) is 8.99. The maximum Gasteiger partial charge on any atom is 0.270 e. The van der Waals surface area contributed by atoms with Gasteiger partial charge >= 0.3 is 0 Å². The average Bonchev–Trinajstić information content (AvgIpc) is 2.69. The zero-order valence-electron chi connectivity index (χ0n) is 10.2. The first-order valence-electron chi connectivity index (χ1n) is 5.69. The quantitative estimate of drug-likeness (QED) is 0.470. The molecule has 4 atom stereocenters. The Bertz CT molecular complexity index is 576. The van der Waals surface area contributed by atoms with E-state index in [0.717, 1.165) is 0 Å². The van der Waals surface area contributed by atoms with E-state index in [4.69, 9.17) is 16.3 Å². The number of nitrogens with zero attached hydrogens (tertiary/aromatic N) is 1. The number of rotatable bonds is 2. The highest BCUT2D eigenvalue weighted by atomic mass is 16.6. The molecule has 7 nitrogen and oxygen atoms in total. The summed E-state index contributed by atoms with van der Waals surface area (Å²) in [4.78, 5) is 17.9. The van der Waals surface area contributed by atoms with Crippen molar-refractivity contribution in [3.63, 3.8) is 0 Å². The van der Waals surface area contributed by atoms with Crippen LogP contribution in [0.25, 0.3) is 0 Å². The summed E-state index contributed by atoms with van der Waals surface area (Å²) in [6.45, 7) is 1.05. The fourth-order valence-electron chi connectivity index (χ4n) is 2.00. The van der Waals surface area contributed by atoms with Crippen molar-refractivity contribution in [2.75, 3.05) is 6.61 Å². The molecule has 0 radical (unpaired) electrons. The monoisotopic (exact) mass is 266 g/mol. The molecule has 1 aromatic rings. The molecule has 0 bridgehead atoms. The third-order valence-corrected chi connectivity index (χ3v) is 3.07. The SMILES string of the molecule is C#Cc1[nH]c(=O)c(C)nc1C1OC(CO)C(O)C1O. The summed E-state index contributed by atoms with van der Waals surface area (Å²) in [6, 6.07) is 0. The Morgan fingerprint density at radius 1 is 1.47 bits per heavy atom. The lowest BCUT2D eigenvalue weighted by atomic mass is 10.0. The third-order valence-electron chi connectivity index (χ3n) is 3.07. The van der Waals surface area contributed by atoms with E-state index < -0.39 is 36.6 Å². The maximum atomic E-state index is 11.4. The highest BCUT2D eigenvalue weighted by Crippen LogP contribution is 2.33.